The molecule has 0 aromatic heterocycles. The molecule has 0 saturated carbocycles. The normalized spacial score (nSPS) is 18.1. The van der Waals surface area contributed by atoms with Crippen LogP contribution in [0, 0.1) is 0 Å². The fourth-order valence-corrected chi connectivity index (χ4v) is 2.77. The molecule has 104 valence electrons. The van der Waals surface area contributed by atoms with E-state index in [0.717, 1.165) is 31.5 Å². The molecule has 1 amide bonds. The number of benzene rings is 1. The predicted molar refractivity (Wildman–Crippen MR) is 79.4 cm³/mol. The fraction of sp³-hybridized carbons (Fsp3) is 0.533. The van der Waals surface area contributed by atoms with E-state index in [0.29, 0.717) is 11.4 Å². The van der Waals surface area contributed by atoms with Crippen molar-refractivity contribution in [2.45, 2.75) is 31.1 Å². The van der Waals surface area contributed by atoms with Gasteiger partial charge in [-0.25, -0.2) is 4.79 Å². The first kappa shape index (κ1) is 14.3. The Balaban J connectivity index is 1.79. The molecule has 0 aliphatic carbocycles. The van der Waals surface area contributed by atoms with E-state index in [4.69, 9.17) is 4.74 Å². The van der Waals surface area contributed by atoms with E-state index < -0.39 is 0 Å². The second-order valence-corrected chi connectivity index (χ2v) is 6.58. The van der Waals surface area contributed by atoms with Gasteiger partial charge in [0.15, 0.2) is 0 Å². The van der Waals surface area contributed by atoms with Crippen LogP contribution in [0.15, 0.2) is 30.3 Å². The number of carbonyl (C=O) groups excluding carboxylic acids is 1. The van der Waals surface area contributed by atoms with Gasteiger partial charge in [0.1, 0.15) is 6.61 Å². The first-order valence-corrected chi connectivity index (χ1v) is 7.86. The minimum absolute atomic E-state index is 0.188. The Hall–Kier alpha value is -1.16. The summed E-state index contributed by atoms with van der Waals surface area (Å²) in [6.07, 6.45) is 4.03. The topological polar surface area (TPSA) is 29.5 Å². The number of hydrogen-bond acceptors (Lipinski definition) is 3. The van der Waals surface area contributed by atoms with E-state index in [1.165, 1.54) is 0 Å². The van der Waals surface area contributed by atoms with Gasteiger partial charge >= 0.3 is 6.09 Å². The lowest BCUT2D eigenvalue weighted by Gasteiger charge is -2.37. The quantitative estimate of drug-likeness (QED) is 0.847. The number of nitrogens with zero attached hydrogens (tertiary/aromatic N) is 1. The standard InChI is InChI=1S/C15H21NO2S/c1-15(19-2)8-10-16(11-9-15)14(17)18-12-13-6-4-3-5-7-13/h3-7H,8-12H2,1-2H3. The van der Waals surface area contributed by atoms with Crippen LogP contribution in [-0.4, -0.2) is 35.1 Å². The molecule has 4 heteroatoms. The highest BCUT2D eigenvalue weighted by atomic mass is 32.2. The summed E-state index contributed by atoms with van der Waals surface area (Å²) in [4.78, 5) is 13.8. The summed E-state index contributed by atoms with van der Waals surface area (Å²) < 4.78 is 5.67. The third-order valence-electron chi connectivity index (χ3n) is 3.78. The van der Waals surface area contributed by atoms with E-state index >= 15 is 0 Å². The van der Waals surface area contributed by atoms with Gasteiger partial charge in [-0.1, -0.05) is 37.3 Å². The van der Waals surface area contributed by atoms with Crippen molar-refractivity contribution in [2.75, 3.05) is 19.3 Å². The lowest BCUT2D eigenvalue weighted by atomic mass is 9.98. The smallest absolute Gasteiger partial charge is 0.410 e. The lowest BCUT2D eigenvalue weighted by Crippen LogP contribution is -2.43. The number of carbonyl (C=O) groups is 1. The number of amides is 1. The van der Waals surface area contributed by atoms with Crippen LogP contribution in [0.4, 0.5) is 4.79 Å². The number of thioether (sulfide) groups is 1. The lowest BCUT2D eigenvalue weighted by molar-refractivity contribution is 0.0862. The Labute approximate surface area is 119 Å². The third-order valence-corrected chi connectivity index (χ3v) is 5.17. The van der Waals surface area contributed by atoms with Crippen molar-refractivity contribution in [3.63, 3.8) is 0 Å². The van der Waals surface area contributed by atoms with Gasteiger partial charge in [0.25, 0.3) is 0 Å². The number of likely N-dealkylation sites (tertiary alicyclic amines) is 1. The van der Waals surface area contributed by atoms with Gasteiger partial charge in [0.05, 0.1) is 0 Å². The summed E-state index contributed by atoms with van der Waals surface area (Å²) >= 11 is 1.89. The van der Waals surface area contributed by atoms with Gasteiger partial charge in [-0.2, -0.15) is 11.8 Å². The molecule has 19 heavy (non-hydrogen) atoms. The summed E-state index contributed by atoms with van der Waals surface area (Å²) in [6.45, 7) is 4.22. The van der Waals surface area contributed by atoms with Gasteiger partial charge in [-0.05, 0) is 24.7 Å². The molecule has 0 bridgehead atoms. The molecule has 1 aliphatic heterocycles. The van der Waals surface area contributed by atoms with Crippen molar-refractivity contribution < 1.29 is 9.53 Å². The van der Waals surface area contributed by atoms with Crippen molar-refractivity contribution in [3.8, 4) is 0 Å². The molecule has 2 rings (SSSR count). The van der Waals surface area contributed by atoms with Crippen LogP contribution >= 0.6 is 11.8 Å². The summed E-state index contributed by atoms with van der Waals surface area (Å²) in [7, 11) is 0. The van der Waals surface area contributed by atoms with Gasteiger partial charge in [-0.3, -0.25) is 0 Å². The average Bonchev–Trinajstić information content (AvgIpc) is 2.47. The monoisotopic (exact) mass is 279 g/mol. The Morgan fingerprint density at radius 3 is 2.53 bits per heavy atom. The highest BCUT2D eigenvalue weighted by Crippen LogP contribution is 2.33. The maximum atomic E-state index is 12.0. The van der Waals surface area contributed by atoms with Crippen LogP contribution in [0.3, 0.4) is 0 Å². The molecular formula is C15H21NO2S. The minimum Gasteiger partial charge on any atom is -0.445 e. The number of ether oxygens (including phenoxy) is 1. The van der Waals surface area contributed by atoms with E-state index in [9.17, 15) is 4.79 Å². The summed E-state index contributed by atoms with van der Waals surface area (Å²) in [5.74, 6) is 0. The van der Waals surface area contributed by atoms with Gasteiger partial charge in [0.2, 0.25) is 0 Å². The maximum Gasteiger partial charge on any atom is 0.410 e. The van der Waals surface area contributed by atoms with Crippen molar-refractivity contribution in [1.29, 1.82) is 0 Å². The predicted octanol–water partition coefficient (Wildman–Crippen LogP) is 3.54. The molecule has 1 heterocycles. The van der Waals surface area contributed by atoms with Crippen molar-refractivity contribution in [1.82, 2.24) is 4.90 Å². The van der Waals surface area contributed by atoms with Gasteiger partial charge < -0.3 is 9.64 Å². The summed E-state index contributed by atoms with van der Waals surface area (Å²) in [5, 5.41) is 0. The Kier molecular flexibility index (Phi) is 4.75. The summed E-state index contributed by atoms with van der Waals surface area (Å²) in [5.41, 5.74) is 1.03. The molecule has 1 saturated heterocycles. The van der Waals surface area contributed by atoms with Crippen molar-refractivity contribution in [2.24, 2.45) is 0 Å². The molecule has 3 nitrogen and oxygen atoms in total. The molecule has 1 aliphatic rings. The molecule has 0 spiro atoms. The van der Waals surface area contributed by atoms with Crippen LogP contribution in [0.25, 0.3) is 0 Å². The largest absolute Gasteiger partial charge is 0.445 e. The molecule has 1 aromatic carbocycles. The van der Waals surface area contributed by atoms with Crippen molar-refractivity contribution >= 4 is 17.9 Å². The second kappa shape index (κ2) is 6.33. The zero-order chi connectivity index (χ0) is 13.7. The Bertz CT molecular complexity index is 413. The van der Waals surface area contributed by atoms with Crippen LogP contribution < -0.4 is 0 Å². The summed E-state index contributed by atoms with van der Waals surface area (Å²) in [6, 6.07) is 9.80. The molecule has 1 fully saturated rings. The van der Waals surface area contributed by atoms with Crippen molar-refractivity contribution in [3.05, 3.63) is 35.9 Å². The highest BCUT2D eigenvalue weighted by molar-refractivity contribution is 7.99. The van der Waals surface area contributed by atoms with E-state index in [2.05, 4.69) is 13.2 Å². The van der Waals surface area contributed by atoms with E-state index in [1.807, 2.05) is 47.0 Å². The van der Waals surface area contributed by atoms with Crippen LogP contribution in [0.1, 0.15) is 25.3 Å². The van der Waals surface area contributed by atoms with Gasteiger partial charge in [-0.15, -0.1) is 0 Å². The third kappa shape index (κ3) is 3.90. The van der Waals surface area contributed by atoms with Crippen LogP contribution in [0.2, 0.25) is 0 Å². The van der Waals surface area contributed by atoms with Crippen LogP contribution in [-0.2, 0) is 11.3 Å². The van der Waals surface area contributed by atoms with E-state index in [-0.39, 0.29) is 6.09 Å². The first-order valence-electron chi connectivity index (χ1n) is 6.64. The highest BCUT2D eigenvalue weighted by Gasteiger charge is 2.31. The average molecular weight is 279 g/mol. The SMILES string of the molecule is CSC1(C)CCN(C(=O)OCc2ccccc2)CC1. The second-order valence-electron chi connectivity index (χ2n) is 5.18. The number of hydrogen-bond donors (Lipinski definition) is 0. The minimum atomic E-state index is -0.188. The molecule has 1 aromatic rings. The number of piperidine rings is 1. The Morgan fingerprint density at radius 2 is 1.95 bits per heavy atom. The molecule has 0 radical (unpaired) electrons. The first-order chi connectivity index (χ1) is 9.13. The maximum absolute atomic E-state index is 12.0. The molecular weight excluding hydrogens is 258 g/mol. The molecule has 0 N–H and O–H groups in total. The zero-order valence-corrected chi connectivity index (χ0v) is 12.4. The number of rotatable bonds is 3. The van der Waals surface area contributed by atoms with Crippen LogP contribution in [0.5, 0.6) is 0 Å². The Morgan fingerprint density at radius 1 is 1.32 bits per heavy atom. The molecule has 0 atom stereocenters. The fourth-order valence-electron chi connectivity index (χ4n) is 2.18. The molecule has 0 unspecified atom stereocenters. The zero-order valence-electron chi connectivity index (χ0n) is 11.6. The van der Waals surface area contributed by atoms with E-state index in [1.54, 1.807) is 0 Å². The van der Waals surface area contributed by atoms with Gasteiger partial charge in [0, 0.05) is 17.8 Å².